The molecule has 1 aromatic carbocycles. The topological polar surface area (TPSA) is 0 Å². The molecule has 1 heteroatoms. The molecule has 2 rings (SSSR count). The minimum Gasteiger partial charge on any atom is -0.0876 e. The molecule has 0 heterocycles. The van der Waals surface area contributed by atoms with Crippen LogP contribution in [0.2, 0.25) is 0 Å². The van der Waals surface area contributed by atoms with Crippen LogP contribution in [0.3, 0.4) is 0 Å². The van der Waals surface area contributed by atoms with Crippen molar-refractivity contribution in [1.82, 2.24) is 0 Å². The molecule has 100 valence electrons. The van der Waals surface area contributed by atoms with Gasteiger partial charge < -0.3 is 0 Å². The highest BCUT2D eigenvalue weighted by Gasteiger charge is 2.40. The lowest BCUT2D eigenvalue weighted by Gasteiger charge is -2.45. The van der Waals surface area contributed by atoms with E-state index >= 15 is 0 Å². The first kappa shape index (κ1) is 14.1. The van der Waals surface area contributed by atoms with Crippen molar-refractivity contribution in [2.75, 3.05) is 0 Å². The van der Waals surface area contributed by atoms with Crippen LogP contribution in [0.1, 0.15) is 70.1 Å². The molecule has 0 saturated carbocycles. The van der Waals surface area contributed by atoms with Crippen LogP contribution in [-0.4, -0.2) is 0 Å². The van der Waals surface area contributed by atoms with Crippen molar-refractivity contribution in [2.24, 2.45) is 0 Å². The molecular formula is C17H25Br. The third-order valence-corrected chi connectivity index (χ3v) is 5.77. The second-order valence-corrected chi connectivity index (χ2v) is 6.95. The molecule has 0 spiro atoms. The first-order valence-electron chi connectivity index (χ1n) is 7.19. The molecular weight excluding hydrogens is 284 g/mol. The molecule has 1 aromatic rings. The van der Waals surface area contributed by atoms with Gasteiger partial charge in [-0.05, 0) is 53.2 Å². The van der Waals surface area contributed by atoms with Crippen LogP contribution >= 0.6 is 15.9 Å². The summed E-state index contributed by atoms with van der Waals surface area (Å²) < 4.78 is 0. The van der Waals surface area contributed by atoms with E-state index in [0.717, 1.165) is 5.33 Å². The number of hydrogen-bond donors (Lipinski definition) is 0. The van der Waals surface area contributed by atoms with E-state index < -0.39 is 0 Å². The largest absolute Gasteiger partial charge is 0.0876 e. The number of halogens is 1. The molecule has 0 radical (unpaired) electrons. The maximum Gasteiger partial charge on any atom is 0.0283 e. The lowest BCUT2D eigenvalue weighted by atomic mass is 9.59. The minimum atomic E-state index is 0.341. The average molecular weight is 309 g/mol. The van der Waals surface area contributed by atoms with E-state index in [2.05, 4.69) is 61.8 Å². The maximum absolute atomic E-state index is 3.60. The van der Waals surface area contributed by atoms with Crippen molar-refractivity contribution in [3.63, 3.8) is 0 Å². The SMILES string of the molecule is CCC1(CC)CCC(C)(C)c2ccc(CBr)cc21. The Morgan fingerprint density at radius 3 is 2.28 bits per heavy atom. The number of alkyl halides is 1. The van der Waals surface area contributed by atoms with E-state index in [1.807, 2.05) is 0 Å². The Kier molecular flexibility index (Phi) is 3.92. The predicted octanol–water partition coefficient (Wildman–Crippen LogP) is 5.71. The summed E-state index contributed by atoms with van der Waals surface area (Å²) in [5, 5.41) is 0.963. The van der Waals surface area contributed by atoms with Crippen molar-refractivity contribution in [3.05, 3.63) is 34.9 Å². The fraction of sp³-hybridized carbons (Fsp3) is 0.647. The van der Waals surface area contributed by atoms with E-state index in [1.54, 1.807) is 11.1 Å². The van der Waals surface area contributed by atoms with Crippen molar-refractivity contribution < 1.29 is 0 Å². The van der Waals surface area contributed by atoms with Crippen LogP contribution in [0, 0.1) is 0 Å². The molecule has 18 heavy (non-hydrogen) atoms. The Morgan fingerprint density at radius 1 is 1.06 bits per heavy atom. The summed E-state index contributed by atoms with van der Waals surface area (Å²) in [6.45, 7) is 9.50. The van der Waals surface area contributed by atoms with Crippen LogP contribution < -0.4 is 0 Å². The normalized spacial score (nSPS) is 20.5. The quantitative estimate of drug-likeness (QED) is 0.627. The Hall–Kier alpha value is -0.300. The molecule has 0 amide bonds. The Bertz CT molecular complexity index is 427. The number of fused-ring (bicyclic) bond motifs is 1. The van der Waals surface area contributed by atoms with E-state index in [9.17, 15) is 0 Å². The van der Waals surface area contributed by atoms with Gasteiger partial charge in [-0.1, -0.05) is 61.8 Å². The van der Waals surface area contributed by atoms with E-state index in [-0.39, 0.29) is 0 Å². The summed E-state index contributed by atoms with van der Waals surface area (Å²) in [4.78, 5) is 0. The van der Waals surface area contributed by atoms with E-state index in [0.29, 0.717) is 10.8 Å². The fourth-order valence-electron chi connectivity index (χ4n) is 3.51. The zero-order valence-electron chi connectivity index (χ0n) is 12.1. The summed E-state index contributed by atoms with van der Waals surface area (Å²) in [7, 11) is 0. The first-order valence-corrected chi connectivity index (χ1v) is 8.31. The Balaban J connectivity index is 2.62. The smallest absolute Gasteiger partial charge is 0.0283 e. The van der Waals surface area contributed by atoms with Gasteiger partial charge in [0.2, 0.25) is 0 Å². The van der Waals surface area contributed by atoms with Gasteiger partial charge in [-0.25, -0.2) is 0 Å². The molecule has 0 N–H and O–H groups in total. The molecule has 0 fully saturated rings. The van der Waals surface area contributed by atoms with Crippen molar-refractivity contribution in [1.29, 1.82) is 0 Å². The van der Waals surface area contributed by atoms with Crippen molar-refractivity contribution in [2.45, 2.75) is 69.5 Å². The fourth-order valence-corrected chi connectivity index (χ4v) is 3.86. The van der Waals surface area contributed by atoms with Crippen LogP contribution in [-0.2, 0) is 16.2 Å². The lowest BCUT2D eigenvalue weighted by Crippen LogP contribution is -2.37. The summed E-state index contributed by atoms with van der Waals surface area (Å²) in [6.07, 6.45) is 5.18. The second kappa shape index (κ2) is 5.00. The van der Waals surface area contributed by atoms with Gasteiger partial charge in [0.1, 0.15) is 0 Å². The van der Waals surface area contributed by atoms with Gasteiger partial charge in [-0.3, -0.25) is 0 Å². The Morgan fingerprint density at radius 2 is 1.72 bits per heavy atom. The maximum atomic E-state index is 3.60. The molecule has 0 aromatic heterocycles. The van der Waals surface area contributed by atoms with Crippen LogP contribution in [0.5, 0.6) is 0 Å². The standard InChI is InChI=1S/C17H25Br/c1-5-17(6-2)10-9-16(3,4)14-8-7-13(12-18)11-15(14)17/h7-8,11H,5-6,9-10,12H2,1-4H3. The summed E-state index contributed by atoms with van der Waals surface area (Å²) in [6, 6.07) is 7.12. The first-order chi connectivity index (χ1) is 8.49. The second-order valence-electron chi connectivity index (χ2n) is 6.38. The molecule has 0 aliphatic heterocycles. The molecule has 1 aliphatic carbocycles. The number of rotatable bonds is 3. The van der Waals surface area contributed by atoms with Crippen LogP contribution in [0.15, 0.2) is 18.2 Å². The third kappa shape index (κ3) is 2.15. The van der Waals surface area contributed by atoms with E-state index in [1.165, 1.54) is 31.2 Å². The van der Waals surface area contributed by atoms with Gasteiger partial charge >= 0.3 is 0 Å². The van der Waals surface area contributed by atoms with Gasteiger partial charge in [-0.2, -0.15) is 0 Å². The summed E-state index contributed by atoms with van der Waals surface area (Å²) in [5.41, 5.74) is 5.39. The minimum absolute atomic E-state index is 0.341. The zero-order valence-corrected chi connectivity index (χ0v) is 13.7. The van der Waals surface area contributed by atoms with Crippen LogP contribution in [0.25, 0.3) is 0 Å². The molecule has 1 aliphatic rings. The summed E-state index contributed by atoms with van der Waals surface area (Å²) >= 11 is 3.60. The molecule has 0 bridgehead atoms. The van der Waals surface area contributed by atoms with Gasteiger partial charge in [0.15, 0.2) is 0 Å². The number of hydrogen-bond acceptors (Lipinski definition) is 0. The number of benzene rings is 1. The molecule has 0 unspecified atom stereocenters. The highest BCUT2D eigenvalue weighted by molar-refractivity contribution is 9.08. The monoisotopic (exact) mass is 308 g/mol. The van der Waals surface area contributed by atoms with Crippen molar-refractivity contribution in [3.8, 4) is 0 Å². The van der Waals surface area contributed by atoms with Gasteiger partial charge in [0, 0.05) is 5.33 Å². The zero-order chi connectivity index (χ0) is 13.4. The average Bonchev–Trinajstić information content (AvgIpc) is 2.39. The van der Waals surface area contributed by atoms with Gasteiger partial charge in [-0.15, -0.1) is 0 Å². The lowest BCUT2D eigenvalue weighted by molar-refractivity contribution is 0.276. The third-order valence-electron chi connectivity index (χ3n) is 5.12. The van der Waals surface area contributed by atoms with Gasteiger partial charge in [0.05, 0.1) is 0 Å². The molecule has 0 saturated heterocycles. The molecule has 0 atom stereocenters. The van der Waals surface area contributed by atoms with E-state index in [4.69, 9.17) is 0 Å². The predicted molar refractivity (Wildman–Crippen MR) is 83.6 cm³/mol. The van der Waals surface area contributed by atoms with Crippen LogP contribution in [0.4, 0.5) is 0 Å². The summed E-state index contributed by atoms with van der Waals surface area (Å²) in [5.74, 6) is 0. The Labute approximate surface area is 120 Å². The van der Waals surface area contributed by atoms with Gasteiger partial charge in [0.25, 0.3) is 0 Å². The highest BCUT2D eigenvalue weighted by atomic mass is 79.9. The highest BCUT2D eigenvalue weighted by Crippen LogP contribution is 2.49. The molecule has 0 nitrogen and oxygen atoms in total. The van der Waals surface area contributed by atoms with Crippen molar-refractivity contribution >= 4 is 15.9 Å².